The first kappa shape index (κ1) is 15.3. The van der Waals surface area contributed by atoms with Crippen LogP contribution < -0.4 is 10.1 Å². The van der Waals surface area contributed by atoms with Crippen LogP contribution in [0.4, 0.5) is 4.39 Å². The van der Waals surface area contributed by atoms with E-state index in [0.717, 1.165) is 0 Å². The molecule has 0 atom stereocenters. The molecule has 3 aromatic rings. The first-order valence-corrected chi connectivity index (χ1v) is 7.31. The zero-order valence-electron chi connectivity index (χ0n) is 12.0. The molecule has 0 radical (unpaired) electrons. The molecule has 0 fully saturated rings. The number of nitrogens with zero attached hydrogens (tertiary/aromatic N) is 1. The van der Waals surface area contributed by atoms with Gasteiger partial charge in [0, 0.05) is 23.3 Å². The lowest BCUT2D eigenvalue weighted by molar-refractivity contribution is 0.0948. The van der Waals surface area contributed by atoms with Gasteiger partial charge in [0.2, 0.25) is 5.88 Å². The first-order valence-electron chi connectivity index (χ1n) is 6.94. The maximum absolute atomic E-state index is 13.8. The summed E-state index contributed by atoms with van der Waals surface area (Å²) in [6.45, 7) is 0.445. The number of rotatable bonds is 5. The van der Waals surface area contributed by atoms with Gasteiger partial charge >= 0.3 is 0 Å². The lowest BCUT2D eigenvalue weighted by Gasteiger charge is -2.07. The third-order valence-corrected chi connectivity index (χ3v) is 3.54. The average Bonchev–Trinajstić information content (AvgIpc) is 2.98. The predicted octanol–water partition coefficient (Wildman–Crippen LogP) is 3.16. The monoisotopic (exact) mass is 333 g/mol. The number of hydrogen-bond acceptors (Lipinski definition) is 3. The molecular formula is C16H13ClFN3O2. The molecule has 7 heteroatoms. The van der Waals surface area contributed by atoms with Gasteiger partial charge in [0.25, 0.3) is 5.91 Å². The standard InChI is InChI=1S/C16H13ClFN3O2/c17-11-3-2-6-20-16(11)23-8-7-19-15(22)10-9-21-13-5-1-4-12(18)14(10)13/h1-6,9,21H,7-8H2,(H,19,22). The molecule has 2 N–H and O–H groups in total. The highest BCUT2D eigenvalue weighted by molar-refractivity contribution is 6.31. The van der Waals surface area contributed by atoms with Crippen LogP contribution in [0.5, 0.6) is 5.88 Å². The molecule has 0 aliphatic carbocycles. The average molecular weight is 334 g/mol. The number of hydrogen-bond donors (Lipinski definition) is 2. The quantitative estimate of drug-likeness (QED) is 0.705. The molecule has 5 nitrogen and oxygen atoms in total. The van der Waals surface area contributed by atoms with Gasteiger partial charge in [0.15, 0.2) is 0 Å². The van der Waals surface area contributed by atoms with Crippen molar-refractivity contribution in [3.8, 4) is 5.88 Å². The van der Waals surface area contributed by atoms with Crippen molar-refractivity contribution >= 4 is 28.4 Å². The van der Waals surface area contributed by atoms with E-state index >= 15 is 0 Å². The van der Waals surface area contributed by atoms with E-state index in [2.05, 4.69) is 15.3 Å². The van der Waals surface area contributed by atoms with Crippen molar-refractivity contribution in [2.75, 3.05) is 13.2 Å². The summed E-state index contributed by atoms with van der Waals surface area (Å²) in [7, 11) is 0. The van der Waals surface area contributed by atoms with Crippen LogP contribution in [0.15, 0.2) is 42.7 Å². The fraction of sp³-hybridized carbons (Fsp3) is 0.125. The second-order valence-corrected chi connectivity index (χ2v) is 5.17. The summed E-state index contributed by atoms with van der Waals surface area (Å²) in [6, 6.07) is 7.97. The Balaban J connectivity index is 1.60. The Morgan fingerprint density at radius 3 is 3.04 bits per heavy atom. The van der Waals surface area contributed by atoms with Gasteiger partial charge in [0.05, 0.1) is 12.1 Å². The topological polar surface area (TPSA) is 67.0 Å². The highest BCUT2D eigenvalue weighted by atomic mass is 35.5. The Morgan fingerprint density at radius 1 is 1.35 bits per heavy atom. The van der Waals surface area contributed by atoms with Gasteiger partial charge in [-0.3, -0.25) is 4.79 Å². The maximum Gasteiger partial charge on any atom is 0.253 e. The number of amides is 1. The summed E-state index contributed by atoms with van der Waals surface area (Å²) in [5.74, 6) is -0.510. The minimum absolute atomic E-state index is 0.202. The van der Waals surface area contributed by atoms with Crippen molar-refractivity contribution in [2.45, 2.75) is 0 Å². The highest BCUT2D eigenvalue weighted by Crippen LogP contribution is 2.21. The molecule has 2 aromatic heterocycles. The zero-order chi connectivity index (χ0) is 16.2. The molecule has 0 aliphatic rings. The van der Waals surface area contributed by atoms with Crippen LogP contribution in [-0.2, 0) is 0 Å². The Morgan fingerprint density at radius 2 is 2.22 bits per heavy atom. The number of halogens is 2. The van der Waals surface area contributed by atoms with Crippen LogP contribution in [0.25, 0.3) is 10.9 Å². The largest absolute Gasteiger partial charge is 0.475 e. The van der Waals surface area contributed by atoms with E-state index in [1.807, 2.05) is 0 Å². The molecule has 118 valence electrons. The van der Waals surface area contributed by atoms with E-state index in [1.165, 1.54) is 12.3 Å². The van der Waals surface area contributed by atoms with Gasteiger partial charge in [-0.2, -0.15) is 0 Å². The number of pyridine rings is 1. The van der Waals surface area contributed by atoms with Crippen molar-refractivity contribution in [1.82, 2.24) is 15.3 Å². The number of carbonyl (C=O) groups is 1. The Hall–Kier alpha value is -2.60. The lowest BCUT2D eigenvalue weighted by Crippen LogP contribution is -2.28. The van der Waals surface area contributed by atoms with Gasteiger partial charge < -0.3 is 15.0 Å². The van der Waals surface area contributed by atoms with E-state index in [0.29, 0.717) is 16.4 Å². The van der Waals surface area contributed by atoms with Gasteiger partial charge in [-0.05, 0) is 24.3 Å². The number of benzene rings is 1. The number of ether oxygens (including phenoxy) is 1. The highest BCUT2D eigenvalue weighted by Gasteiger charge is 2.14. The molecular weight excluding hydrogens is 321 g/mol. The van der Waals surface area contributed by atoms with Gasteiger partial charge in [0.1, 0.15) is 17.4 Å². The Labute approximate surface area is 136 Å². The maximum atomic E-state index is 13.8. The van der Waals surface area contributed by atoms with Crippen LogP contribution in [0.1, 0.15) is 10.4 Å². The van der Waals surface area contributed by atoms with E-state index in [1.54, 1.807) is 30.5 Å². The molecule has 2 heterocycles. The Kier molecular flexibility index (Phi) is 4.43. The second-order valence-electron chi connectivity index (χ2n) is 4.76. The van der Waals surface area contributed by atoms with E-state index in [-0.39, 0.29) is 30.0 Å². The van der Waals surface area contributed by atoms with Crippen LogP contribution in [0.3, 0.4) is 0 Å². The van der Waals surface area contributed by atoms with E-state index in [4.69, 9.17) is 16.3 Å². The predicted molar refractivity (Wildman–Crippen MR) is 85.3 cm³/mol. The molecule has 0 saturated heterocycles. The molecule has 0 spiro atoms. The fourth-order valence-corrected chi connectivity index (χ4v) is 2.38. The number of nitrogens with one attached hydrogen (secondary N) is 2. The van der Waals surface area contributed by atoms with E-state index in [9.17, 15) is 9.18 Å². The molecule has 1 amide bonds. The summed E-state index contributed by atoms with van der Waals surface area (Å²) < 4.78 is 19.2. The number of aromatic amines is 1. The molecule has 23 heavy (non-hydrogen) atoms. The third kappa shape index (κ3) is 3.27. The molecule has 1 aromatic carbocycles. The molecule has 3 rings (SSSR count). The van der Waals surface area contributed by atoms with Crippen molar-refractivity contribution in [3.05, 3.63) is 59.1 Å². The number of aromatic nitrogens is 2. The second kappa shape index (κ2) is 6.66. The molecule has 0 aliphatic heterocycles. The van der Waals surface area contributed by atoms with Crippen LogP contribution in [0, 0.1) is 5.82 Å². The van der Waals surface area contributed by atoms with E-state index < -0.39 is 5.82 Å². The van der Waals surface area contributed by atoms with Crippen LogP contribution >= 0.6 is 11.6 Å². The zero-order valence-corrected chi connectivity index (χ0v) is 12.7. The normalized spacial score (nSPS) is 10.7. The first-order chi connectivity index (χ1) is 11.2. The van der Waals surface area contributed by atoms with Crippen molar-refractivity contribution < 1.29 is 13.9 Å². The van der Waals surface area contributed by atoms with Crippen LogP contribution in [0.2, 0.25) is 5.02 Å². The Bertz CT molecular complexity index is 850. The lowest BCUT2D eigenvalue weighted by atomic mass is 10.1. The molecule has 0 bridgehead atoms. The molecule has 0 saturated carbocycles. The van der Waals surface area contributed by atoms with Crippen molar-refractivity contribution in [1.29, 1.82) is 0 Å². The number of carbonyl (C=O) groups excluding carboxylic acids is 1. The number of H-pyrrole nitrogens is 1. The smallest absolute Gasteiger partial charge is 0.253 e. The SMILES string of the molecule is O=C(NCCOc1ncccc1Cl)c1c[nH]c2cccc(F)c12. The fourth-order valence-electron chi connectivity index (χ4n) is 2.20. The minimum Gasteiger partial charge on any atom is -0.475 e. The van der Waals surface area contributed by atoms with Gasteiger partial charge in [-0.25, -0.2) is 9.37 Å². The summed E-state index contributed by atoms with van der Waals surface area (Å²) >= 11 is 5.91. The van der Waals surface area contributed by atoms with Crippen molar-refractivity contribution in [2.24, 2.45) is 0 Å². The van der Waals surface area contributed by atoms with Gasteiger partial charge in [-0.15, -0.1) is 0 Å². The van der Waals surface area contributed by atoms with Crippen LogP contribution in [-0.4, -0.2) is 29.0 Å². The van der Waals surface area contributed by atoms with Crippen molar-refractivity contribution in [3.63, 3.8) is 0 Å². The summed E-state index contributed by atoms with van der Waals surface area (Å²) in [5.41, 5.74) is 0.834. The third-order valence-electron chi connectivity index (χ3n) is 3.25. The van der Waals surface area contributed by atoms with Gasteiger partial charge in [-0.1, -0.05) is 17.7 Å². The summed E-state index contributed by atoms with van der Waals surface area (Å²) in [5, 5.41) is 3.35. The minimum atomic E-state index is -0.439. The number of fused-ring (bicyclic) bond motifs is 1. The summed E-state index contributed by atoms with van der Waals surface area (Å²) in [6.07, 6.45) is 3.05. The molecule has 0 unspecified atom stereocenters. The summed E-state index contributed by atoms with van der Waals surface area (Å²) in [4.78, 5) is 19.0.